The number of hydrogen-bond donors (Lipinski definition) is 2. The minimum Gasteiger partial charge on any atom is -0.271 e. The highest BCUT2D eigenvalue weighted by atomic mass is 15.2. The van der Waals surface area contributed by atoms with Crippen molar-refractivity contribution >= 4 is 0 Å². The Bertz CT molecular complexity index is 555. The van der Waals surface area contributed by atoms with Crippen molar-refractivity contribution in [3.05, 3.63) is 59.7 Å². The molecule has 3 N–H and O–H groups in total. The van der Waals surface area contributed by atoms with Crippen molar-refractivity contribution < 1.29 is 0 Å². The van der Waals surface area contributed by atoms with Gasteiger partial charge in [0.1, 0.15) is 0 Å². The van der Waals surface area contributed by atoms with Crippen LogP contribution in [-0.4, -0.2) is 16.0 Å². The Morgan fingerprint density at radius 3 is 3.00 bits per heavy atom. The first-order chi connectivity index (χ1) is 9.88. The van der Waals surface area contributed by atoms with Crippen LogP contribution in [0.5, 0.6) is 0 Å². The van der Waals surface area contributed by atoms with Crippen molar-refractivity contribution in [3.8, 4) is 0 Å². The SMILES string of the molecule is NNC(CCc1cccnc1)C1CCc2cccnc21. The van der Waals surface area contributed by atoms with Crippen LogP contribution in [-0.2, 0) is 12.8 Å². The smallest absolute Gasteiger partial charge is 0.0482 e. The van der Waals surface area contributed by atoms with Crippen LogP contribution in [0.4, 0.5) is 0 Å². The molecule has 2 heterocycles. The number of aryl methyl sites for hydroxylation is 2. The molecule has 0 radical (unpaired) electrons. The topological polar surface area (TPSA) is 63.8 Å². The van der Waals surface area contributed by atoms with Gasteiger partial charge in [0.05, 0.1) is 0 Å². The number of hydrazine groups is 1. The fraction of sp³-hybridized carbons (Fsp3) is 0.375. The molecule has 0 fully saturated rings. The van der Waals surface area contributed by atoms with Crippen LogP contribution in [0.2, 0.25) is 0 Å². The molecule has 2 unspecified atom stereocenters. The zero-order valence-corrected chi connectivity index (χ0v) is 11.5. The van der Waals surface area contributed by atoms with E-state index in [0.717, 1.165) is 25.7 Å². The van der Waals surface area contributed by atoms with E-state index >= 15 is 0 Å². The van der Waals surface area contributed by atoms with Crippen molar-refractivity contribution in [1.82, 2.24) is 15.4 Å². The van der Waals surface area contributed by atoms with Gasteiger partial charge in [-0.2, -0.15) is 0 Å². The van der Waals surface area contributed by atoms with Crippen LogP contribution >= 0.6 is 0 Å². The normalized spacial score (nSPS) is 18.8. The number of nitrogens with one attached hydrogen (secondary N) is 1. The first-order valence-corrected chi connectivity index (χ1v) is 7.17. The third-order valence-corrected chi connectivity index (χ3v) is 4.17. The zero-order valence-electron chi connectivity index (χ0n) is 11.5. The highest BCUT2D eigenvalue weighted by Gasteiger charge is 2.30. The number of rotatable bonds is 5. The summed E-state index contributed by atoms with van der Waals surface area (Å²) in [5.74, 6) is 6.20. The number of pyridine rings is 2. The molecule has 0 amide bonds. The van der Waals surface area contributed by atoms with Gasteiger partial charge in [0, 0.05) is 36.2 Å². The molecule has 20 heavy (non-hydrogen) atoms. The Morgan fingerprint density at radius 2 is 2.20 bits per heavy atom. The maximum absolute atomic E-state index is 5.78. The molecule has 0 spiro atoms. The van der Waals surface area contributed by atoms with Crippen molar-refractivity contribution in [2.24, 2.45) is 5.84 Å². The molecule has 0 saturated carbocycles. The van der Waals surface area contributed by atoms with Gasteiger partial charge in [-0.25, -0.2) is 0 Å². The maximum atomic E-state index is 5.78. The van der Waals surface area contributed by atoms with Gasteiger partial charge in [-0.1, -0.05) is 12.1 Å². The Balaban J connectivity index is 1.69. The van der Waals surface area contributed by atoms with Gasteiger partial charge in [-0.15, -0.1) is 0 Å². The monoisotopic (exact) mass is 268 g/mol. The molecule has 1 aliphatic carbocycles. The lowest BCUT2D eigenvalue weighted by Crippen LogP contribution is -2.39. The van der Waals surface area contributed by atoms with Crippen molar-refractivity contribution in [3.63, 3.8) is 0 Å². The lowest BCUT2D eigenvalue weighted by atomic mass is 9.92. The van der Waals surface area contributed by atoms with Gasteiger partial charge in [0.25, 0.3) is 0 Å². The standard InChI is InChI=1S/C16H20N4/c17-20-15(8-5-12-3-1-9-18-11-12)14-7-6-13-4-2-10-19-16(13)14/h1-4,9-11,14-15,20H,5-8,17H2. The molecule has 104 valence electrons. The van der Waals surface area contributed by atoms with Crippen LogP contribution in [0.1, 0.15) is 35.6 Å². The summed E-state index contributed by atoms with van der Waals surface area (Å²) in [5, 5.41) is 0. The second kappa shape index (κ2) is 6.11. The number of nitrogens with zero attached hydrogens (tertiary/aromatic N) is 2. The number of nitrogens with two attached hydrogens (primary N) is 1. The summed E-state index contributed by atoms with van der Waals surface area (Å²) < 4.78 is 0. The molecule has 4 nitrogen and oxygen atoms in total. The predicted molar refractivity (Wildman–Crippen MR) is 79.0 cm³/mol. The molecular weight excluding hydrogens is 248 g/mol. The van der Waals surface area contributed by atoms with Gasteiger partial charge in [0.15, 0.2) is 0 Å². The van der Waals surface area contributed by atoms with Crippen molar-refractivity contribution in [2.45, 2.75) is 37.6 Å². The van der Waals surface area contributed by atoms with Gasteiger partial charge < -0.3 is 0 Å². The second-order valence-corrected chi connectivity index (χ2v) is 5.37. The summed E-state index contributed by atoms with van der Waals surface area (Å²) in [6, 6.07) is 8.55. The Hall–Kier alpha value is -1.78. The molecule has 0 saturated heterocycles. The molecule has 3 rings (SSSR count). The molecule has 0 aliphatic heterocycles. The number of hydrogen-bond acceptors (Lipinski definition) is 4. The molecule has 0 bridgehead atoms. The first kappa shape index (κ1) is 13.2. The first-order valence-electron chi connectivity index (χ1n) is 7.17. The maximum Gasteiger partial charge on any atom is 0.0482 e. The van der Waals surface area contributed by atoms with Gasteiger partial charge in [-0.05, 0) is 48.9 Å². The van der Waals surface area contributed by atoms with Crippen molar-refractivity contribution in [1.29, 1.82) is 0 Å². The Labute approximate surface area is 119 Å². The van der Waals surface area contributed by atoms with E-state index in [1.165, 1.54) is 16.8 Å². The fourth-order valence-electron chi connectivity index (χ4n) is 3.10. The summed E-state index contributed by atoms with van der Waals surface area (Å²) in [6.45, 7) is 0. The van der Waals surface area contributed by atoms with Crippen LogP contribution in [0.3, 0.4) is 0 Å². The summed E-state index contributed by atoms with van der Waals surface area (Å²) in [6.07, 6.45) is 9.84. The van der Waals surface area contributed by atoms with Crippen LogP contribution < -0.4 is 11.3 Å². The van der Waals surface area contributed by atoms with E-state index in [0.29, 0.717) is 5.92 Å². The summed E-state index contributed by atoms with van der Waals surface area (Å²) in [5.41, 5.74) is 6.85. The molecule has 4 heteroatoms. The fourth-order valence-corrected chi connectivity index (χ4v) is 3.10. The van der Waals surface area contributed by atoms with Gasteiger partial charge in [-0.3, -0.25) is 21.2 Å². The van der Waals surface area contributed by atoms with Gasteiger partial charge in [0.2, 0.25) is 0 Å². The largest absolute Gasteiger partial charge is 0.271 e. The zero-order chi connectivity index (χ0) is 13.8. The van der Waals surface area contributed by atoms with Crippen molar-refractivity contribution in [2.75, 3.05) is 0 Å². The molecule has 0 aromatic carbocycles. The minimum absolute atomic E-state index is 0.270. The summed E-state index contributed by atoms with van der Waals surface area (Å²) in [7, 11) is 0. The van der Waals surface area contributed by atoms with E-state index in [2.05, 4.69) is 27.5 Å². The molecule has 1 aliphatic rings. The second-order valence-electron chi connectivity index (χ2n) is 5.37. The third kappa shape index (κ3) is 2.71. The van der Waals surface area contributed by atoms with E-state index in [1.54, 1.807) is 6.20 Å². The lowest BCUT2D eigenvalue weighted by molar-refractivity contribution is 0.408. The quantitative estimate of drug-likeness (QED) is 0.643. The average molecular weight is 268 g/mol. The number of aromatic nitrogens is 2. The molecule has 2 atom stereocenters. The van der Waals surface area contributed by atoms with Crippen LogP contribution in [0.25, 0.3) is 0 Å². The Kier molecular flexibility index (Phi) is 4.04. The third-order valence-electron chi connectivity index (χ3n) is 4.17. The van der Waals surface area contributed by atoms with Gasteiger partial charge >= 0.3 is 0 Å². The predicted octanol–water partition coefficient (Wildman–Crippen LogP) is 1.97. The number of fused-ring (bicyclic) bond motifs is 1. The van der Waals surface area contributed by atoms with Crippen LogP contribution in [0, 0.1) is 0 Å². The minimum atomic E-state index is 0.270. The Morgan fingerprint density at radius 1 is 1.30 bits per heavy atom. The highest BCUT2D eigenvalue weighted by molar-refractivity contribution is 5.30. The summed E-state index contributed by atoms with van der Waals surface area (Å²) in [4.78, 5) is 8.71. The van der Waals surface area contributed by atoms with E-state index < -0.39 is 0 Å². The van der Waals surface area contributed by atoms with E-state index in [9.17, 15) is 0 Å². The van der Waals surface area contributed by atoms with E-state index in [4.69, 9.17) is 5.84 Å². The molecular formula is C16H20N4. The molecule has 2 aromatic rings. The highest BCUT2D eigenvalue weighted by Crippen LogP contribution is 2.34. The summed E-state index contributed by atoms with van der Waals surface area (Å²) >= 11 is 0. The lowest BCUT2D eigenvalue weighted by Gasteiger charge is -2.23. The van der Waals surface area contributed by atoms with Crippen LogP contribution in [0.15, 0.2) is 42.9 Å². The molecule has 2 aromatic heterocycles. The average Bonchev–Trinajstić information content (AvgIpc) is 2.93. The van der Waals surface area contributed by atoms with E-state index in [-0.39, 0.29) is 6.04 Å². The van der Waals surface area contributed by atoms with E-state index in [1.807, 2.05) is 24.5 Å².